The Morgan fingerprint density at radius 1 is 1.16 bits per heavy atom. The monoisotopic (exact) mass is 285 g/mol. The van der Waals surface area contributed by atoms with E-state index in [4.69, 9.17) is 10.3 Å². The fourth-order valence-electron chi connectivity index (χ4n) is 3.41. The van der Waals surface area contributed by atoms with E-state index in [0.29, 0.717) is 0 Å². The summed E-state index contributed by atoms with van der Waals surface area (Å²) < 4.78 is 5.36. The molecule has 2 aliphatic carbocycles. The van der Waals surface area contributed by atoms with Gasteiger partial charge in [0.2, 0.25) is 5.89 Å². The summed E-state index contributed by atoms with van der Waals surface area (Å²) in [7, 11) is 0. The van der Waals surface area contributed by atoms with Crippen molar-refractivity contribution < 1.29 is 4.52 Å². The number of nitrogens with zero attached hydrogens (tertiary/aromatic N) is 2. The van der Waals surface area contributed by atoms with Gasteiger partial charge >= 0.3 is 0 Å². The van der Waals surface area contributed by atoms with Crippen molar-refractivity contribution in [3.63, 3.8) is 0 Å². The van der Waals surface area contributed by atoms with Gasteiger partial charge in [-0.05, 0) is 25.2 Å². The first-order valence-corrected chi connectivity index (χ1v) is 7.38. The zero-order valence-corrected chi connectivity index (χ0v) is 12.3. The van der Waals surface area contributed by atoms with Gasteiger partial charge in [0.15, 0.2) is 5.82 Å². The van der Waals surface area contributed by atoms with E-state index in [0.717, 1.165) is 36.9 Å². The number of hydrogen-bond donors (Lipinski definition) is 1. The molecule has 2 aliphatic rings. The lowest BCUT2D eigenvalue weighted by atomic mass is 9.98. The Morgan fingerprint density at radius 2 is 1.84 bits per heavy atom. The van der Waals surface area contributed by atoms with Crippen LogP contribution in [-0.2, 0) is 12.0 Å². The van der Waals surface area contributed by atoms with Crippen LogP contribution in [-0.4, -0.2) is 10.1 Å². The molecule has 4 nitrogen and oxygen atoms in total. The molecule has 0 atom stereocenters. The molecule has 1 aromatic heterocycles. The van der Waals surface area contributed by atoms with Crippen LogP contribution in [0.2, 0.25) is 0 Å². The van der Waals surface area contributed by atoms with Crippen LogP contribution in [0.3, 0.4) is 0 Å². The average Bonchev–Trinajstić information content (AvgIpc) is 3.08. The highest BCUT2D eigenvalue weighted by Gasteiger charge is 2.35. The summed E-state index contributed by atoms with van der Waals surface area (Å²) in [5, 5.41) is 4.10. The van der Waals surface area contributed by atoms with Gasteiger partial charge in [0.25, 0.3) is 0 Å². The van der Waals surface area contributed by atoms with Crippen molar-refractivity contribution >= 4 is 12.4 Å². The predicted octanol–water partition coefficient (Wildman–Crippen LogP) is 3.34. The fraction of sp³-hybridized carbons (Fsp3) is 0.857. The average molecular weight is 286 g/mol. The predicted molar refractivity (Wildman–Crippen MR) is 76.2 cm³/mol. The van der Waals surface area contributed by atoms with E-state index in [9.17, 15) is 0 Å². The highest BCUT2D eigenvalue weighted by atomic mass is 35.5. The summed E-state index contributed by atoms with van der Waals surface area (Å²) in [6.45, 7) is 0. The molecule has 0 unspecified atom stereocenters. The van der Waals surface area contributed by atoms with Crippen molar-refractivity contribution in [1.29, 1.82) is 0 Å². The van der Waals surface area contributed by atoms with Crippen molar-refractivity contribution in [2.24, 2.45) is 11.7 Å². The van der Waals surface area contributed by atoms with Gasteiger partial charge in [-0.2, -0.15) is 4.98 Å². The van der Waals surface area contributed by atoms with E-state index >= 15 is 0 Å². The van der Waals surface area contributed by atoms with Gasteiger partial charge in [-0.15, -0.1) is 12.4 Å². The molecule has 0 saturated heterocycles. The molecule has 19 heavy (non-hydrogen) atoms. The second-order valence-electron chi connectivity index (χ2n) is 6.06. The summed E-state index contributed by atoms with van der Waals surface area (Å²) in [6.07, 6.45) is 12.0. The van der Waals surface area contributed by atoms with Gasteiger partial charge in [0.05, 0.1) is 5.54 Å². The molecule has 5 heteroatoms. The van der Waals surface area contributed by atoms with Crippen molar-refractivity contribution in [3.05, 3.63) is 11.7 Å². The van der Waals surface area contributed by atoms with Crippen LogP contribution in [0.25, 0.3) is 0 Å². The lowest BCUT2D eigenvalue weighted by Gasteiger charge is -2.17. The summed E-state index contributed by atoms with van der Waals surface area (Å²) in [6, 6.07) is 0. The van der Waals surface area contributed by atoms with Crippen molar-refractivity contribution in [1.82, 2.24) is 10.1 Å². The van der Waals surface area contributed by atoms with E-state index in [2.05, 4.69) is 10.1 Å². The van der Waals surface area contributed by atoms with E-state index in [1.807, 2.05) is 0 Å². The number of nitrogens with two attached hydrogens (primary N) is 1. The molecule has 3 rings (SSSR count). The van der Waals surface area contributed by atoms with Crippen LogP contribution in [0.1, 0.15) is 69.5 Å². The first-order valence-electron chi connectivity index (χ1n) is 7.38. The summed E-state index contributed by atoms with van der Waals surface area (Å²) in [5.41, 5.74) is 6.02. The maximum Gasteiger partial charge on any atom is 0.226 e. The summed E-state index contributed by atoms with van der Waals surface area (Å²) in [4.78, 5) is 4.52. The third-order valence-corrected chi connectivity index (χ3v) is 4.65. The lowest BCUT2D eigenvalue weighted by Crippen LogP contribution is -2.34. The maximum atomic E-state index is 6.33. The minimum atomic E-state index is -0.310. The largest absolute Gasteiger partial charge is 0.339 e. The molecular formula is C14H24ClN3O. The van der Waals surface area contributed by atoms with Gasteiger partial charge in [-0.25, -0.2) is 0 Å². The van der Waals surface area contributed by atoms with E-state index < -0.39 is 0 Å². The number of hydrogen-bond acceptors (Lipinski definition) is 4. The molecule has 0 aliphatic heterocycles. The second-order valence-corrected chi connectivity index (χ2v) is 6.06. The molecule has 1 heterocycles. The Kier molecular flexibility index (Phi) is 4.85. The van der Waals surface area contributed by atoms with Crippen LogP contribution in [0, 0.1) is 5.92 Å². The standard InChI is InChI=1S/C14H23N3O.ClH/c15-14(9-3-4-10-14)13-16-12(18-17-13)8-7-11-5-1-2-6-11;/h11H,1-10,15H2;1H. The van der Waals surface area contributed by atoms with Crippen molar-refractivity contribution in [2.45, 2.75) is 69.7 Å². The zero-order valence-electron chi connectivity index (χ0n) is 11.4. The SMILES string of the molecule is Cl.NC1(c2noc(CCC3CCCC3)n2)CCCC1. The number of halogens is 1. The molecule has 108 valence electrons. The highest BCUT2D eigenvalue weighted by Crippen LogP contribution is 2.35. The Labute approximate surface area is 120 Å². The van der Waals surface area contributed by atoms with Gasteiger partial charge in [0.1, 0.15) is 0 Å². The van der Waals surface area contributed by atoms with Crippen molar-refractivity contribution in [2.75, 3.05) is 0 Å². The molecule has 0 spiro atoms. The van der Waals surface area contributed by atoms with Gasteiger partial charge in [-0.1, -0.05) is 43.7 Å². The molecule has 2 fully saturated rings. The normalized spacial score (nSPS) is 22.6. The van der Waals surface area contributed by atoms with Gasteiger partial charge in [-0.3, -0.25) is 0 Å². The smallest absolute Gasteiger partial charge is 0.226 e. The van der Waals surface area contributed by atoms with E-state index in [1.54, 1.807) is 0 Å². The van der Waals surface area contributed by atoms with Gasteiger partial charge < -0.3 is 10.3 Å². The van der Waals surface area contributed by atoms with Gasteiger partial charge in [0, 0.05) is 6.42 Å². The van der Waals surface area contributed by atoms with Crippen LogP contribution < -0.4 is 5.73 Å². The quantitative estimate of drug-likeness (QED) is 0.921. The Hall–Kier alpha value is -0.610. The number of aryl methyl sites for hydroxylation is 1. The molecule has 2 saturated carbocycles. The van der Waals surface area contributed by atoms with E-state index in [-0.39, 0.29) is 17.9 Å². The molecule has 0 bridgehead atoms. The van der Waals surface area contributed by atoms with E-state index in [1.165, 1.54) is 44.9 Å². The molecule has 0 aromatic carbocycles. The van der Waals surface area contributed by atoms with Crippen LogP contribution in [0.4, 0.5) is 0 Å². The summed E-state index contributed by atoms with van der Waals surface area (Å²) >= 11 is 0. The van der Waals surface area contributed by atoms with Crippen LogP contribution >= 0.6 is 12.4 Å². The Morgan fingerprint density at radius 3 is 2.53 bits per heavy atom. The first-order chi connectivity index (χ1) is 8.76. The molecule has 2 N–H and O–H groups in total. The van der Waals surface area contributed by atoms with Crippen LogP contribution in [0.15, 0.2) is 4.52 Å². The topological polar surface area (TPSA) is 64.9 Å². The highest BCUT2D eigenvalue weighted by molar-refractivity contribution is 5.85. The minimum Gasteiger partial charge on any atom is -0.339 e. The van der Waals surface area contributed by atoms with Crippen molar-refractivity contribution in [3.8, 4) is 0 Å². The molecule has 0 radical (unpaired) electrons. The fourth-order valence-corrected chi connectivity index (χ4v) is 3.41. The third-order valence-electron chi connectivity index (χ3n) is 4.65. The first kappa shape index (κ1) is 14.8. The Balaban J connectivity index is 0.00000133. The van der Waals surface area contributed by atoms with Crippen LogP contribution in [0.5, 0.6) is 0 Å². The minimum absolute atomic E-state index is 0. The lowest BCUT2D eigenvalue weighted by molar-refractivity contribution is 0.340. The molecule has 1 aromatic rings. The molecular weight excluding hydrogens is 262 g/mol. The second kappa shape index (κ2) is 6.23. The third kappa shape index (κ3) is 3.29. The molecule has 0 amide bonds. The number of aromatic nitrogens is 2. The Bertz CT molecular complexity index is 395. The summed E-state index contributed by atoms with van der Waals surface area (Å²) in [5.74, 6) is 2.40. The zero-order chi connectivity index (χ0) is 12.4. The number of rotatable bonds is 4. The maximum absolute atomic E-state index is 6.33.